The Kier molecular flexibility index (Phi) is 1.97. The number of hydrogen-bond donors (Lipinski definition) is 2. The molecule has 1 aromatic heterocycles. The van der Waals surface area contributed by atoms with E-state index >= 15 is 0 Å². The van der Waals surface area contributed by atoms with Crippen LogP contribution in [0.4, 0.5) is 0 Å². The Balaban J connectivity index is 2.63. The first-order valence-electron chi connectivity index (χ1n) is 4.21. The van der Waals surface area contributed by atoms with Crippen LogP contribution in [0.15, 0.2) is 11.1 Å². The summed E-state index contributed by atoms with van der Waals surface area (Å²) in [5, 5.41) is 0. The number of hydrogen-bond acceptors (Lipinski definition) is 3. The monoisotopic (exact) mass is 215 g/mol. The van der Waals surface area contributed by atoms with Crippen LogP contribution in [0.1, 0.15) is 28.9 Å². The molecular weight excluding hydrogens is 206 g/mol. The molecule has 76 valence electrons. The molecule has 0 spiro atoms. The summed E-state index contributed by atoms with van der Waals surface area (Å²) in [5.74, 6) is -0.0962. The van der Waals surface area contributed by atoms with E-state index in [4.69, 9.17) is 4.55 Å². The van der Waals surface area contributed by atoms with Gasteiger partial charge in [-0.1, -0.05) is 0 Å². The maximum Gasteiger partial charge on any atom is 0.296 e. The van der Waals surface area contributed by atoms with E-state index in [9.17, 15) is 13.2 Å². The average Bonchev–Trinajstić information content (AvgIpc) is 2.47. The van der Waals surface area contributed by atoms with Gasteiger partial charge in [0.2, 0.25) is 0 Å². The summed E-state index contributed by atoms with van der Waals surface area (Å²) >= 11 is 0. The van der Waals surface area contributed by atoms with Crippen molar-refractivity contribution in [2.24, 2.45) is 0 Å². The van der Waals surface area contributed by atoms with E-state index in [-0.39, 0.29) is 10.7 Å². The highest BCUT2D eigenvalue weighted by Crippen LogP contribution is 2.26. The SMILES string of the molecule is O=C1CCCc2c(S(=O)(=O)O)c[nH]c21. The summed E-state index contributed by atoms with van der Waals surface area (Å²) < 4.78 is 30.7. The Morgan fingerprint density at radius 2 is 2.07 bits per heavy atom. The Morgan fingerprint density at radius 3 is 2.71 bits per heavy atom. The van der Waals surface area contributed by atoms with Crippen LogP contribution in [-0.4, -0.2) is 23.7 Å². The van der Waals surface area contributed by atoms with Crippen LogP contribution in [0, 0.1) is 0 Å². The minimum Gasteiger partial charge on any atom is -0.357 e. The molecular formula is C8H9NO4S. The van der Waals surface area contributed by atoms with Crippen molar-refractivity contribution < 1.29 is 17.8 Å². The van der Waals surface area contributed by atoms with Gasteiger partial charge in [-0.25, -0.2) is 0 Å². The van der Waals surface area contributed by atoms with Crippen LogP contribution < -0.4 is 0 Å². The molecule has 0 unspecified atom stereocenters. The molecule has 0 radical (unpaired) electrons. The van der Waals surface area contributed by atoms with E-state index in [2.05, 4.69) is 4.98 Å². The van der Waals surface area contributed by atoms with Gasteiger partial charge in [0.25, 0.3) is 10.1 Å². The highest BCUT2D eigenvalue weighted by molar-refractivity contribution is 7.85. The van der Waals surface area contributed by atoms with Crippen LogP contribution >= 0.6 is 0 Å². The van der Waals surface area contributed by atoms with Crippen molar-refractivity contribution in [3.8, 4) is 0 Å². The Bertz CT molecular complexity index is 485. The summed E-state index contributed by atoms with van der Waals surface area (Å²) in [6.45, 7) is 0. The standard InChI is InChI=1S/C8H9NO4S/c10-6-3-1-2-5-7(14(11,12)13)4-9-8(5)6/h4,9H,1-3H2,(H,11,12,13). The molecule has 0 saturated carbocycles. The molecule has 0 bridgehead atoms. The average molecular weight is 215 g/mol. The molecule has 0 fully saturated rings. The second kappa shape index (κ2) is 2.93. The zero-order valence-corrected chi connectivity index (χ0v) is 8.10. The Morgan fingerprint density at radius 1 is 1.36 bits per heavy atom. The molecule has 0 atom stereocenters. The summed E-state index contributed by atoms with van der Waals surface area (Å²) in [6, 6.07) is 0. The maximum absolute atomic E-state index is 11.3. The van der Waals surface area contributed by atoms with Gasteiger partial charge in [0, 0.05) is 18.2 Å². The lowest BCUT2D eigenvalue weighted by atomic mass is 9.97. The fraction of sp³-hybridized carbons (Fsp3) is 0.375. The van der Waals surface area contributed by atoms with Gasteiger partial charge in [-0.15, -0.1) is 0 Å². The van der Waals surface area contributed by atoms with Gasteiger partial charge < -0.3 is 4.98 Å². The first kappa shape index (κ1) is 9.42. The number of carbonyl (C=O) groups is 1. The number of nitrogens with one attached hydrogen (secondary N) is 1. The van der Waals surface area contributed by atoms with E-state index in [1.54, 1.807) is 0 Å². The predicted molar refractivity (Wildman–Crippen MR) is 47.9 cm³/mol. The summed E-state index contributed by atoms with van der Waals surface area (Å²) in [7, 11) is -4.21. The molecule has 2 rings (SSSR count). The summed E-state index contributed by atoms with van der Waals surface area (Å²) in [6.07, 6.45) is 2.74. The lowest BCUT2D eigenvalue weighted by molar-refractivity contribution is 0.0968. The first-order valence-corrected chi connectivity index (χ1v) is 5.65. The highest BCUT2D eigenvalue weighted by atomic mass is 32.2. The van der Waals surface area contributed by atoms with Crippen LogP contribution in [0.3, 0.4) is 0 Å². The fourth-order valence-electron chi connectivity index (χ4n) is 1.71. The molecule has 1 aromatic rings. The molecule has 1 aliphatic carbocycles. The first-order chi connectivity index (χ1) is 6.50. The Labute approximate surface area is 80.9 Å². The maximum atomic E-state index is 11.3. The van der Waals surface area contributed by atoms with E-state index in [1.165, 1.54) is 6.20 Å². The molecule has 14 heavy (non-hydrogen) atoms. The summed E-state index contributed by atoms with van der Waals surface area (Å²) in [5.41, 5.74) is 0.743. The van der Waals surface area contributed by atoms with Crippen molar-refractivity contribution in [2.75, 3.05) is 0 Å². The smallest absolute Gasteiger partial charge is 0.296 e. The fourth-order valence-corrected chi connectivity index (χ4v) is 2.44. The van der Waals surface area contributed by atoms with E-state index in [0.717, 1.165) is 0 Å². The lowest BCUT2D eigenvalue weighted by Crippen LogP contribution is -2.11. The molecule has 6 heteroatoms. The van der Waals surface area contributed by atoms with Crippen molar-refractivity contribution in [3.05, 3.63) is 17.5 Å². The highest BCUT2D eigenvalue weighted by Gasteiger charge is 2.26. The van der Waals surface area contributed by atoms with Gasteiger partial charge >= 0.3 is 0 Å². The quantitative estimate of drug-likeness (QED) is 0.678. The van der Waals surface area contributed by atoms with Crippen LogP contribution in [0.25, 0.3) is 0 Å². The number of aromatic amines is 1. The second-order valence-corrected chi connectivity index (χ2v) is 4.65. The van der Waals surface area contributed by atoms with Crippen molar-refractivity contribution in [1.82, 2.24) is 4.98 Å². The number of fused-ring (bicyclic) bond motifs is 1. The van der Waals surface area contributed by atoms with Crippen LogP contribution in [0.5, 0.6) is 0 Å². The van der Waals surface area contributed by atoms with E-state index in [0.29, 0.717) is 30.5 Å². The minimum atomic E-state index is -4.21. The van der Waals surface area contributed by atoms with Gasteiger partial charge in [0.15, 0.2) is 5.78 Å². The molecule has 1 aliphatic rings. The van der Waals surface area contributed by atoms with Crippen molar-refractivity contribution in [2.45, 2.75) is 24.2 Å². The normalized spacial score (nSPS) is 16.8. The van der Waals surface area contributed by atoms with Crippen molar-refractivity contribution >= 4 is 15.9 Å². The Hall–Kier alpha value is -1.14. The lowest BCUT2D eigenvalue weighted by Gasteiger charge is -2.10. The number of Topliss-reactive ketones (excluding diaryl/α,β-unsaturated/α-hetero) is 1. The molecule has 0 aliphatic heterocycles. The van der Waals surface area contributed by atoms with Crippen LogP contribution in [-0.2, 0) is 16.5 Å². The van der Waals surface area contributed by atoms with Crippen molar-refractivity contribution in [3.63, 3.8) is 0 Å². The minimum absolute atomic E-state index is 0.0962. The third-order valence-electron chi connectivity index (χ3n) is 2.33. The number of ketones is 1. The van der Waals surface area contributed by atoms with Gasteiger partial charge in [-0.05, 0) is 12.8 Å². The molecule has 1 heterocycles. The zero-order chi connectivity index (χ0) is 10.3. The molecule has 0 amide bonds. The number of rotatable bonds is 1. The molecule has 0 saturated heterocycles. The number of carbonyl (C=O) groups excluding carboxylic acids is 1. The molecule has 5 nitrogen and oxygen atoms in total. The van der Waals surface area contributed by atoms with Gasteiger partial charge in [0.05, 0.1) is 5.69 Å². The zero-order valence-electron chi connectivity index (χ0n) is 7.28. The number of aromatic nitrogens is 1. The van der Waals surface area contributed by atoms with E-state index in [1.807, 2.05) is 0 Å². The largest absolute Gasteiger partial charge is 0.357 e. The number of H-pyrrole nitrogens is 1. The van der Waals surface area contributed by atoms with Gasteiger partial charge in [-0.3, -0.25) is 9.35 Å². The van der Waals surface area contributed by atoms with Gasteiger partial charge in [0.1, 0.15) is 4.90 Å². The van der Waals surface area contributed by atoms with Gasteiger partial charge in [-0.2, -0.15) is 8.42 Å². The van der Waals surface area contributed by atoms with E-state index < -0.39 is 10.1 Å². The molecule has 2 N–H and O–H groups in total. The third-order valence-corrected chi connectivity index (χ3v) is 3.25. The topological polar surface area (TPSA) is 87.2 Å². The second-order valence-electron chi connectivity index (χ2n) is 3.26. The van der Waals surface area contributed by atoms with Crippen molar-refractivity contribution in [1.29, 1.82) is 0 Å². The summed E-state index contributed by atoms with van der Waals surface area (Å²) in [4.78, 5) is 13.7. The molecule has 0 aromatic carbocycles. The third kappa shape index (κ3) is 1.36. The van der Waals surface area contributed by atoms with Crippen LogP contribution in [0.2, 0.25) is 0 Å². The predicted octanol–water partition coefficient (Wildman–Crippen LogP) is 0.780.